The Bertz CT molecular complexity index is 353. The zero-order valence-corrected chi connectivity index (χ0v) is 10.7. The Hall–Kier alpha value is -0.390. The van der Waals surface area contributed by atoms with Gasteiger partial charge in [0.15, 0.2) is 0 Å². The molecule has 17 heavy (non-hydrogen) atoms. The lowest BCUT2D eigenvalue weighted by molar-refractivity contribution is -0.132. The van der Waals surface area contributed by atoms with Crippen LogP contribution >= 0.6 is 23.4 Å². The molecule has 0 radical (unpaired) electrons. The van der Waals surface area contributed by atoms with Gasteiger partial charge in [0.25, 0.3) is 0 Å². The molecule has 0 aliphatic carbocycles. The zero-order valence-electron chi connectivity index (χ0n) is 9.17. The minimum atomic E-state index is -4.31. The Balaban J connectivity index is 2.83. The van der Waals surface area contributed by atoms with Crippen LogP contribution in [-0.2, 0) is 0 Å². The van der Waals surface area contributed by atoms with Gasteiger partial charge in [-0.2, -0.15) is 13.2 Å². The van der Waals surface area contributed by atoms with Crippen molar-refractivity contribution in [1.82, 2.24) is 0 Å². The van der Waals surface area contributed by atoms with Gasteiger partial charge in [-0.15, -0.1) is 11.8 Å². The molecule has 0 amide bonds. The van der Waals surface area contributed by atoms with Gasteiger partial charge in [0, 0.05) is 16.0 Å². The van der Waals surface area contributed by atoms with Crippen molar-refractivity contribution in [2.45, 2.75) is 35.7 Å². The molecule has 0 aliphatic heterocycles. The van der Waals surface area contributed by atoms with Gasteiger partial charge in [0.05, 0.1) is 0 Å². The average Bonchev–Trinajstić information content (AvgIpc) is 2.25. The molecule has 96 valence electrons. The number of halogens is 4. The first-order chi connectivity index (χ1) is 7.84. The quantitative estimate of drug-likeness (QED) is 0.842. The van der Waals surface area contributed by atoms with E-state index in [0.29, 0.717) is 9.92 Å². The molecule has 0 heterocycles. The molecule has 0 saturated carbocycles. The normalized spacial score (nSPS) is 15.6. The fraction of sp³-hybridized carbons (Fsp3) is 0.455. The molecule has 2 unspecified atom stereocenters. The monoisotopic (exact) mass is 283 g/mol. The SMILES string of the molecule is CCC(N)C(Sc1ccc(Cl)cc1)C(F)(F)F. The Morgan fingerprint density at radius 2 is 1.82 bits per heavy atom. The zero-order chi connectivity index (χ0) is 13.1. The molecule has 1 aromatic carbocycles. The van der Waals surface area contributed by atoms with E-state index in [1.165, 1.54) is 0 Å². The summed E-state index contributed by atoms with van der Waals surface area (Å²) in [6.45, 7) is 1.64. The molecule has 1 aromatic rings. The molecule has 2 atom stereocenters. The standard InChI is InChI=1S/C11H13ClF3NS/c1-2-9(16)10(11(13,14)15)17-8-5-3-7(12)4-6-8/h3-6,9-10H,2,16H2,1H3. The van der Waals surface area contributed by atoms with Gasteiger partial charge in [-0.05, 0) is 30.7 Å². The summed E-state index contributed by atoms with van der Waals surface area (Å²) in [5.74, 6) is 0. The fourth-order valence-electron chi connectivity index (χ4n) is 1.27. The van der Waals surface area contributed by atoms with Gasteiger partial charge in [-0.1, -0.05) is 18.5 Å². The highest BCUT2D eigenvalue weighted by atomic mass is 35.5. The summed E-state index contributed by atoms with van der Waals surface area (Å²) in [7, 11) is 0. The van der Waals surface area contributed by atoms with E-state index < -0.39 is 17.5 Å². The third kappa shape index (κ3) is 4.41. The van der Waals surface area contributed by atoms with Crippen molar-refractivity contribution in [3.63, 3.8) is 0 Å². The van der Waals surface area contributed by atoms with Crippen molar-refractivity contribution in [3.8, 4) is 0 Å². The molecule has 0 saturated heterocycles. The Morgan fingerprint density at radius 1 is 1.29 bits per heavy atom. The summed E-state index contributed by atoms with van der Waals surface area (Å²) in [5, 5.41) is -1.09. The largest absolute Gasteiger partial charge is 0.402 e. The summed E-state index contributed by atoms with van der Waals surface area (Å²) in [6.07, 6.45) is -4.02. The van der Waals surface area contributed by atoms with E-state index in [9.17, 15) is 13.2 Å². The topological polar surface area (TPSA) is 26.0 Å². The van der Waals surface area contributed by atoms with Crippen molar-refractivity contribution < 1.29 is 13.2 Å². The van der Waals surface area contributed by atoms with Crippen LogP contribution in [0.2, 0.25) is 5.02 Å². The van der Waals surface area contributed by atoms with Gasteiger partial charge < -0.3 is 5.73 Å². The molecular weight excluding hydrogens is 271 g/mol. The number of rotatable bonds is 4. The molecule has 0 spiro atoms. The van der Waals surface area contributed by atoms with E-state index in [4.69, 9.17) is 17.3 Å². The maximum absolute atomic E-state index is 12.8. The van der Waals surface area contributed by atoms with Crippen LogP contribution < -0.4 is 5.73 Å². The molecule has 0 fully saturated rings. The highest BCUT2D eigenvalue weighted by Gasteiger charge is 2.43. The van der Waals surface area contributed by atoms with Crippen LogP contribution in [0.1, 0.15) is 13.3 Å². The molecule has 0 bridgehead atoms. The number of alkyl halides is 3. The van der Waals surface area contributed by atoms with Gasteiger partial charge in [-0.3, -0.25) is 0 Å². The van der Waals surface area contributed by atoms with Crippen LogP contribution in [-0.4, -0.2) is 17.5 Å². The third-order valence-corrected chi connectivity index (χ3v) is 3.93. The van der Waals surface area contributed by atoms with Crippen LogP contribution in [0.15, 0.2) is 29.2 Å². The van der Waals surface area contributed by atoms with Crippen molar-refractivity contribution >= 4 is 23.4 Å². The van der Waals surface area contributed by atoms with Crippen LogP contribution in [0.25, 0.3) is 0 Å². The molecule has 2 N–H and O–H groups in total. The summed E-state index contributed by atoms with van der Waals surface area (Å²) < 4.78 is 38.4. The first-order valence-electron chi connectivity index (χ1n) is 5.09. The summed E-state index contributed by atoms with van der Waals surface area (Å²) >= 11 is 6.40. The average molecular weight is 284 g/mol. The van der Waals surface area contributed by atoms with E-state index in [1.807, 2.05) is 0 Å². The molecule has 6 heteroatoms. The van der Waals surface area contributed by atoms with Crippen molar-refractivity contribution in [3.05, 3.63) is 29.3 Å². The second-order valence-corrected chi connectivity index (χ2v) is 5.26. The Labute approximate surface area is 108 Å². The maximum atomic E-state index is 12.8. The van der Waals surface area contributed by atoms with Crippen LogP contribution in [0.3, 0.4) is 0 Å². The van der Waals surface area contributed by atoms with E-state index in [2.05, 4.69) is 0 Å². The Morgan fingerprint density at radius 3 is 2.24 bits per heavy atom. The van der Waals surface area contributed by atoms with Crippen LogP contribution in [0.4, 0.5) is 13.2 Å². The van der Waals surface area contributed by atoms with Crippen LogP contribution in [0, 0.1) is 0 Å². The van der Waals surface area contributed by atoms with E-state index >= 15 is 0 Å². The lowest BCUT2D eigenvalue weighted by atomic mass is 10.1. The minimum absolute atomic E-state index is 0.283. The molecule has 0 aliphatic rings. The number of hydrogen-bond acceptors (Lipinski definition) is 2. The lowest BCUT2D eigenvalue weighted by Crippen LogP contribution is -2.42. The van der Waals surface area contributed by atoms with E-state index in [1.54, 1.807) is 31.2 Å². The second kappa shape index (κ2) is 5.98. The van der Waals surface area contributed by atoms with Gasteiger partial charge >= 0.3 is 6.18 Å². The van der Waals surface area contributed by atoms with Crippen LogP contribution in [0.5, 0.6) is 0 Å². The van der Waals surface area contributed by atoms with E-state index in [0.717, 1.165) is 11.8 Å². The highest BCUT2D eigenvalue weighted by molar-refractivity contribution is 8.00. The number of nitrogens with two attached hydrogens (primary N) is 1. The highest BCUT2D eigenvalue weighted by Crippen LogP contribution is 2.37. The number of thioether (sulfide) groups is 1. The predicted octanol–water partition coefficient (Wildman–Crippen LogP) is 4.10. The minimum Gasteiger partial charge on any atom is -0.326 e. The second-order valence-electron chi connectivity index (χ2n) is 3.61. The molecular formula is C11H13ClF3NS. The summed E-state index contributed by atoms with van der Waals surface area (Å²) in [4.78, 5) is 0.514. The maximum Gasteiger partial charge on any atom is 0.402 e. The molecule has 1 nitrogen and oxygen atoms in total. The smallest absolute Gasteiger partial charge is 0.326 e. The van der Waals surface area contributed by atoms with Crippen molar-refractivity contribution in [2.75, 3.05) is 0 Å². The third-order valence-electron chi connectivity index (χ3n) is 2.26. The first kappa shape index (κ1) is 14.7. The van der Waals surface area contributed by atoms with Gasteiger partial charge in [0.2, 0.25) is 0 Å². The fourth-order valence-corrected chi connectivity index (χ4v) is 2.48. The molecule has 1 rings (SSSR count). The number of hydrogen-bond donors (Lipinski definition) is 1. The van der Waals surface area contributed by atoms with Crippen molar-refractivity contribution in [2.24, 2.45) is 5.73 Å². The van der Waals surface area contributed by atoms with E-state index in [-0.39, 0.29) is 6.42 Å². The molecule has 0 aromatic heterocycles. The Kier molecular flexibility index (Phi) is 5.16. The first-order valence-corrected chi connectivity index (χ1v) is 6.35. The summed E-state index contributed by atoms with van der Waals surface area (Å²) in [6, 6.07) is 5.35. The lowest BCUT2D eigenvalue weighted by Gasteiger charge is -2.24. The number of benzene rings is 1. The van der Waals surface area contributed by atoms with Gasteiger partial charge in [-0.25, -0.2) is 0 Å². The predicted molar refractivity (Wildman–Crippen MR) is 65.4 cm³/mol. The van der Waals surface area contributed by atoms with Crippen molar-refractivity contribution in [1.29, 1.82) is 0 Å². The summed E-state index contributed by atoms with van der Waals surface area (Å²) in [5.41, 5.74) is 5.51. The van der Waals surface area contributed by atoms with Gasteiger partial charge in [0.1, 0.15) is 5.25 Å².